The minimum atomic E-state index is -0.749. The van der Waals surface area contributed by atoms with E-state index in [0.29, 0.717) is 29.7 Å². The number of Topliss-reactive ketones (excluding diaryl/α,β-unsaturated/α-hetero) is 1. The number of nitrogens with zero attached hydrogens (tertiary/aromatic N) is 1. The first-order valence-electron chi connectivity index (χ1n) is 11.6. The molecule has 184 valence electrons. The molecule has 4 rings (SSSR count). The number of dihydropyridines is 1. The molecule has 1 N–H and O–H groups in total. The molecule has 35 heavy (non-hydrogen) atoms. The van der Waals surface area contributed by atoms with Gasteiger partial charge in [-0.2, -0.15) is 0 Å². The summed E-state index contributed by atoms with van der Waals surface area (Å²) in [7, 11) is 0. The molecule has 1 aromatic heterocycles. The van der Waals surface area contributed by atoms with Gasteiger partial charge in [-0.05, 0) is 44.2 Å². The van der Waals surface area contributed by atoms with Crippen molar-refractivity contribution in [2.45, 2.75) is 51.6 Å². The van der Waals surface area contributed by atoms with Crippen molar-refractivity contribution in [3.8, 4) is 0 Å². The molecule has 0 radical (unpaired) electrons. The maximum atomic E-state index is 13.5. The number of allylic oxidation sites excluding steroid dienone is 3. The Morgan fingerprint density at radius 1 is 1.23 bits per heavy atom. The van der Waals surface area contributed by atoms with Crippen molar-refractivity contribution in [1.82, 2.24) is 5.32 Å². The quantitative estimate of drug-likeness (QED) is 0.237. The van der Waals surface area contributed by atoms with Crippen LogP contribution in [0.2, 0.25) is 0 Å². The summed E-state index contributed by atoms with van der Waals surface area (Å²) in [5, 5.41) is 16.8. The molecule has 0 bridgehead atoms. The van der Waals surface area contributed by atoms with Gasteiger partial charge in [0.05, 0.1) is 23.2 Å². The van der Waals surface area contributed by atoms with E-state index in [1.54, 1.807) is 30.4 Å². The van der Waals surface area contributed by atoms with Crippen LogP contribution in [0.25, 0.3) is 0 Å². The van der Waals surface area contributed by atoms with Gasteiger partial charge in [-0.25, -0.2) is 4.79 Å². The van der Waals surface area contributed by atoms with Gasteiger partial charge in [-0.3, -0.25) is 14.9 Å². The summed E-state index contributed by atoms with van der Waals surface area (Å²) in [4.78, 5) is 38.9. The number of nitro groups is 1. The fourth-order valence-electron chi connectivity index (χ4n) is 4.68. The number of esters is 1. The van der Waals surface area contributed by atoms with E-state index in [0.717, 1.165) is 10.6 Å². The van der Waals surface area contributed by atoms with Crippen molar-refractivity contribution >= 4 is 28.8 Å². The van der Waals surface area contributed by atoms with Gasteiger partial charge in [0.25, 0.3) is 5.69 Å². The Labute approximate surface area is 207 Å². The van der Waals surface area contributed by atoms with Gasteiger partial charge in [0, 0.05) is 52.2 Å². The van der Waals surface area contributed by atoms with Gasteiger partial charge in [0.1, 0.15) is 6.61 Å². The number of hydrogen-bond donors (Lipinski definition) is 1. The molecule has 8 nitrogen and oxygen atoms in total. The maximum Gasteiger partial charge on any atom is 0.336 e. The highest BCUT2D eigenvalue weighted by atomic mass is 32.1. The van der Waals surface area contributed by atoms with E-state index in [2.05, 4.69) is 5.32 Å². The van der Waals surface area contributed by atoms with Gasteiger partial charge >= 0.3 is 5.97 Å². The Kier molecular flexibility index (Phi) is 7.47. The van der Waals surface area contributed by atoms with Crippen molar-refractivity contribution in [2.24, 2.45) is 0 Å². The molecule has 9 heteroatoms. The molecule has 1 aliphatic heterocycles. The number of nitrogens with one attached hydrogen (secondary N) is 1. The number of non-ortho nitro benzene ring substituents is 1. The Morgan fingerprint density at radius 3 is 2.71 bits per heavy atom. The van der Waals surface area contributed by atoms with Crippen LogP contribution in [0.1, 0.15) is 55.9 Å². The topological polar surface area (TPSA) is 108 Å². The van der Waals surface area contributed by atoms with Crippen LogP contribution < -0.4 is 5.32 Å². The van der Waals surface area contributed by atoms with Crippen molar-refractivity contribution in [3.05, 3.63) is 84.9 Å². The highest BCUT2D eigenvalue weighted by Crippen LogP contribution is 2.46. The Morgan fingerprint density at radius 2 is 2.03 bits per heavy atom. The number of rotatable bonds is 8. The summed E-state index contributed by atoms with van der Waals surface area (Å²) in [5.74, 6) is -1.34. The average molecular weight is 497 g/mol. The predicted octanol–water partition coefficient (Wildman–Crippen LogP) is 4.99. The molecule has 0 unspecified atom stereocenters. The Balaban J connectivity index is 1.72. The maximum absolute atomic E-state index is 13.5. The van der Waals surface area contributed by atoms with E-state index in [1.807, 2.05) is 31.4 Å². The number of nitro benzene ring substituents is 1. The lowest BCUT2D eigenvalue weighted by Crippen LogP contribution is -2.36. The standard InChI is InChI=1S/C26H28N2O6S/c1-15(2)33-9-10-34-26(30)23-16(3)27-20-13-18(22-8-5-11-35-22)14-21(29)25(20)24(23)17-6-4-7-19(12-17)28(31)32/h4-8,11-12,15,18,24,27H,9-10,13-14H2,1-3H3/t18-,24+/m0/s1. The van der Waals surface area contributed by atoms with Gasteiger partial charge in [-0.15, -0.1) is 11.3 Å². The number of ether oxygens (including phenoxy) is 2. The number of hydrogen-bond acceptors (Lipinski definition) is 8. The molecule has 1 aliphatic carbocycles. The predicted molar refractivity (Wildman–Crippen MR) is 132 cm³/mol. The van der Waals surface area contributed by atoms with Gasteiger partial charge in [0.15, 0.2) is 5.78 Å². The lowest BCUT2D eigenvalue weighted by molar-refractivity contribution is -0.384. The Hall–Kier alpha value is -3.30. The summed E-state index contributed by atoms with van der Waals surface area (Å²) in [6.45, 7) is 5.87. The summed E-state index contributed by atoms with van der Waals surface area (Å²) >= 11 is 1.62. The Bertz CT molecular complexity index is 1200. The van der Waals surface area contributed by atoms with Crippen molar-refractivity contribution < 1.29 is 24.0 Å². The second-order valence-electron chi connectivity index (χ2n) is 8.94. The van der Waals surface area contributed by atoms with Crippen molar-refractivity contribution in [2.75, 3.05) is 13.2 Å². The number of carbonyl (C=O) groups excluding carboxylic acids is 2. The van der Waals surface area contributed by atoms with Crippen molar-refractivity contribution in [1.29, 1.82) is 0 Å². The minimum absolute atomic E-state index is 0.00693. The first-order valence-corrected chi connectivity index (χ1v) is 12.4. The normalized spacial score (nSPS) is 20.1. The van der Waals surface area contributed by atoms with E-state index in [1.165, 1.54) is 12.1 Å². The van der Waals surface area contributed by atoms with Crippen LogP contribution in [0.15, 0.2) is 64.3 Å². The average Bonchev–Trinajstić information content (AvgIpc) is 3.35. The molecular weight excluding hydrogens is 468 g/mol. The lowest BCUT2D eigenvalue weighted by Gasteiger charge is -2.36. The third kappa shape index (κ3) is 5.36. The van der Waals surface area contributed by atoms with E-state index in [4.69, 9.17) is 9.47 Å². The number of benzene rings is 1. The molecule has 2 aliphatic rings. The van der Waals surface area contributed by atoms with Crippen LogP contribution >= 0.6 is 11.3 Å². The fourth-order valence-corrected chi connectivity index (χ4v) is 5.51. The summed E-state index contributed by atoms with van der Waals surface area (Å²) in [5.41, 5.74) is 2.52. The highest BCUT2D eigenvalue weighted by Gasteiger charge is 2.42. The summed E-state index contributed by atoms with van der Waals surface area (Å²) in [6, 6.07) is 10.1. The fraction of sp³-hybridized carbons (Fsp3) is 0.385. The van der Waals surface area contributed by atoms with Gasteiger partial charge < -0.3 is 14.8 Å². The second kappa shape index (κ2) is 10.5. The van der Waals surface area contributed by atoms with Crippen LogP contribution in [-0.2, 0) is 19.1 Å². The van der Waals surface area contributed by atoms with Gasteiger partial charge in [0.2, 0.25) is 0 Å². The smallest absolute Gasteiger partial charge is 0.336 e. The lowest BCUT2D eigenvalue weighted by atomic mass is 9.72. The third-order valence-electron chi connectivity index (χ3n) is 6.18. The zero-order valence-corrected chi connectivity index (χ0v) is 20.7. The van der Waals surface area contributed by atoms with Crippen LogP contribution in [0.5, 0.6) is 0 Å². The molecule has 2 atom stereocenters. The number of carbonyl (C=O) groups is 2. The third-order valence-corrected chi connectivity index (χ3v) is 7.21. The van der Waals surface area contributed by atoms with Crippen LogP contribution in [-0.4, -0.2) is 36.0 Å². The molecular formula is C26H28N2O6S. The molecule has 1 aromatic carbocycles. The molecule has 0 saturated carbocycles. The summed E-state index contributed by atoms with van der Waals surface area (Å²) in [6.07, 6.45) is 0.942. The number of thiophene rings is 1. The zero-order chi connectivity index (χ0) is 25.1. The first-order chi connectivity index (χ1) is 16.8. The van der Waals surface area contributed by atoms with Crippen LogP contribution in [0.4, 0.5) is 5.69 Å². The molecule has 2 heterocycles. The van der Waals surface area contributed by atoms with Gasteiger partial charge in [-0.1, -0.05) is 18.2 Å². The van der Waals surface area contributed by atoms with Crippen molar-refractivity contribution in [3.63, 3.8) is 0 Å². The van der Waals surface area contributed by atoms with Crippen LogP contribution in [0, 0.1) is 10.1 Å². The second-order valence-corrected chi connectivity index (χ2v) is 9.92. The van der Waals surface area contributed by atoms with E-state index in [9.17, 15) is 19.7 Å². The molecule has 0 amide bonds. The molecule has 2 aromatic rings. The largest absolute Gasteiger partial charge is 0.460 e. The highest BCUT2D eigenvalue weighted by molar-refractivity contribution is 7.10. The van der Waals surface area contributed by atoms with E-state index >= 15 is 0 Å². The SMILES string of the molecule is CC1=C(C(=O)OCCOC(C)C)[C@@H](c2cccc([N+](=O)[O-])c2)C2=C(C[C@H](c3cccs3)CC2=O)N1. The molecule has 0 fully saturated rings. The summed E-state index contributed by atoms with van der Waals surface area (Å²) < 4.78 is 11.0. The van der Waals surface area contributed by atoms with E-state index < -0.39 is 16.8 Å². The number of ketones is 1. The first kappa shape index (κ1) is 24.8. The minimum Gasteiger partial charge on any atom is -0.460 e. The van der Waals surface area contributed by atoms with E-state index in [-0.39, 0.29) is 42.3 Å². The molecule has 0 saturated heterocycles. The monoisotopic (exact) mass is 496 g/mol. The molecule has 0 spiro atoms. The van der Waals surface area contributed by atoms with Crippen LogP contribution in [0.3, 0.4) is 0 Å². The zero-order valence-electron chi connectivity index (χ0n) is 19.9.